The van der Waals surface area contributed by atoms with E-state index in [0.717, 1.165) is 42.5 Å². The van der Waals surface area contributed by atoms with Gasteiger partial charge in [0.15, 0.2) is 0 Å². The first-order chi connectivity index (χ1) is 17.9. The summed E-state index contributed by atoms with van der Waals surface area (Å²) in [5, 5.41) is 9.41. The van der Waals surface area contributed by atoms with Gasteiger partial charge in [0, 0.05) is 31.1 Å². The number of carbonyl (C=O) groups excluding carboxylic acids is 1. The summed E-state index contributed by atoms with van der Waals surface area (Å²) in [6, 6.07) is 13.9. The summed E-state index contributed by atoms with van der Waals surface area (Å²) in [4.78, 5) is 21.5. The fraction of sp³-hybridized carbons (Fsp3) is 0.321. The minimum atomic E-state index is -0.211. The molecule has 1 aliphatic heterocycles. The van der Waals surface area contributed by atoms with E-state index >= 15 is 0 Å². The first-order valence-corrected chi connectivity index (χ1v) is 12.6. The van der Waals surface area contributed by atoms with Gasteiger partial charge in [-0.25, -0.2) is 14.4 Å². The molecule has 0 radical (unpaired) electrons. The molecule has 2 aromatic carbocycles. The van der Waals surface area contributed by atoms with Crippen LogP contribution in [0.1, 0.15) is 44.6 Å². The van der Waals surface area contributed by atoms with Gasteiger partial charge in [0.25, 0.3) is 0 Å². The molecule has 5 rings (SSSR count). The number of aryl methyl sites for hydroxylation is 1. The van der Waals surface area contributed by atoms with Crippen molar-refractivity contribution in [2.45, 2.75) is 45.1 Å². The molecular formula is C28H31FN6O2. The van der Waals surface area contributed by atoms with Gasteiger partial charge in [0.05, 0.1) is 17.1 Å². The van der Waals surface area contributed by atoms with E-state index in [4.69, 9.17) is 9.72 Å². The summed E-state index contributed by atoms with van der Waals surface area (Å²) in [5.74, 6) is 2.03. The van der Waals surface area contributed by atoms with E-state index in [-0.39, 0.29) is 23.7 Å². The van der Waals surface area contributed by atoms with Crippen LogP contribution < -0.4 is 20.7 Å². The van der Waals surface area contributed by atoms with E-state index in [9.17, 15) is 9.18 Å². The van der Waals surface area contributed by atoms with Crippen molar-refractivity contribution in [2.24, 2.45) is 7.05 Å². The molecule has 0 aliphatic carbocycles. The maximum Gasteiger partial charge on any atom is 0.242 e. The van der Waals surface area contributed by atoms with Crippen molar-refractivity contribution in [3.8, 4) is 11.5 Å². The Morgan fingerprint density at radius 2 is 1.97 bits per heavy atom. The molecular weight excluding hydrogens is 471 g/mol. The molecule has 3 heterocycles. The average Bonchev–Trinajstić information content (AvgIpc) is 3.20. The minimum Gasteiger partial charge on any atom is -0.457 e. The van der Waals surface area contributed by atoms with Crippen molar-refractivity contribution in [1.29, 1.82) is 0 Å². The Morgan fingerprint density at radius 1 is 1.14 bits per heavy atom. The van der Waals surface area contributed by atoms with Gasteiger partial charge in [0.2, 0.25) is 11.9 Å². The van der Waals surface area contributed by atoms with Crippen LogP contribution in [0.5, 0.6) is 11.5 Å². The lowest BCUT2D eigenvalue weighted by molar-refractivity contribution is -0.118. The van der Waals surface area contributed by atoms with E-state index in [2.05, 4.69) is 20.9 Å². The Labute approximate surface area is 215 Å². The summed E-state index contributed by atoms with van der Waals surface area (Å²) in [5.41, 5.74) is 3.10. The molecule has 0 unspecified atom stereocenters. The molecule has 0 saturated carbocycles. The highest BCUT2D eigenvalue weighted by Gasteiger charge is 2.21. The van der Waals surface area contributed by atoms with Crippen LogP contribution in [0.4, 0.5) is 21.8 Å². The molecule has 2 aromatic heterocycles. The number of carbonyl (C=O) groups is 1. The lowest BCUT2D eigenvalue weighted by Crippen LogP contribution is -2.43. The second-order valence-corrected chi connectivity index (χ2v) is 9.63. The number of hydrogen-bond acceptors (Lipinski definition) is 6. The van der Waals surface area contributed by atoms with Crippen LogP contribution in [0.15, 0.2) is 54.7 Å². The Balaban J connectivity index is 1.31. The third-order valence-corrected chi connectivity index (χ3v) is 6.57. The van der Waals surface area contributed by atoms with Gasteiger partial charge in [-0.05, 0) is 67.3 Å². The van der Waals surface area contributed by atoms with Gasteiger partial charge < -0.3 is 25.3 Å². The Bertz CT molecular complexity index is 1430. The molecule has 1 fully saturated rings. The van der Waals surface area contributed by atoms with Crippen LogP contribution in [0.3, 0.4) is 0 Å². The Morgan fingerprint density at radius 3 is 2.76 bits per heavy atom. The Hall–Kier alpha value is -3.98. The number of benzene rings is 2. The van der Waals surface area contributed by atoms with Crippen molar-refractivity contribution in [1.82, 2.24) is 19.9 Å². The predicted molar refractivity (Wildman–Crippen MR) is 143 cm³/mol. The average molecular weight is 503 g/mol. The van der Waals surface area contributed by atoms with E-state index < -0.39 is 0 Å². The fourth-order valence-corrected chi connectivity index (χ4v) is 4.52. The summed E-state index contributed by atoms with van der Waals surface area (Å²) >= 11 is 0. The summed E-state index contributed by atoms with van der Waals surface area (Å²) in [6.07, 6.45) is 4.56. The smallest absolute Gasteiger partial charge is 0.242 e. The second-order valence-electron chi connectivity index (χ2n) is 9.63. The number of piperidine rings is 1. The summed E-state index contributed by atoms with van der Waals surface area (Å²) in [7, 11) is 1.92. The molecule has 3 N–H and O–H groups in total. The topological polar surface area (TPSA) is 93.1 Å². The largest absolute Gasteiger partial charge is 0.457 e. The third-order valence-electron chi connectivity index (χ3n) is 6.57. The molecule has 0 spiro atoms. The SMILES string of the molecule is CC(C)c1cc(Nc2nc3cc(Oc4ccnc(NC(=O)[C@@H]5CCCCN5)c4)ccc3n2C)ccc1F. The number of fused-ring (bicyclic) bond motifs is 1. The molecule has 0 bridgehead atoms. The van der Waals surface area contributed by atoms with Crippen LogP contribution in [0.2, 0.25) is 0 Å². The number of nitrogens with one attached hydrogen (secondary N) is 3. The minimum absolute atomic E-state index is 0.0767. The van der Waals surface area contributed by atoms with Gasteiger partial charge in [-0.2, -0.15) is 0 Å². The van der Waals surface area contributed by atoms with Crippen molar-refractivity contribution in [3.05, 3.63) is 66.1 Å². The highest BCUT2D eigenvalue weighted by molar-refractivity contribution is 5.94. The quantitative estimate of drug-likeness (QED) is 0.294. The van der Waals surface area contributed by atoms with E-state index in [1.165, 1.54) is 6.07 Å². The maximum absolute atomic E-state index is 14.1. The van der Waals surface area contributed by atoms with Crippen LogP contribution in [0, 0.1) is 5.82 Å². The second kappa shape index (κ2) is 10.6. The molecule has 1 aliphatic rings. The monoisotopic (exact) mass is 502 g/mol. The zero-order valence-electron chi connectivity index (χ0n) is 21.2. The number of aromatic nitrogens is 3. The number of ether oxygens (including phenoxy) is 1. The number of pyridine rings is 1. The fourth-order valence-electron chi connectivity index (χ4n) is 4.52. The lowest BCUT2D eigenvalue weighted by Gasteiger charge is -2.22. The zero-order valence-corrected chi connectivity index (χ0v) is 21.2. The number of rotatable bonds is 7. The number of hydrogen-bond donors (Lipinski definition) is 3. The van der Waals surface area contributed by atoms with Crippen LogP contribution in [0.25, 0.3) is 11.0 Å². The van der Waals surface area contributed by atoms with Crippen LogP contribution in [-0.2, 0) is 11.8 Å². The number of imidazole rings is 1. The molecule has 1 atom stereocenters. The first-order valence-electron chi connectivity index (χ1n) is 12.6. The number of amides is 1. The maximum atomic E-state index is 14.1. The van der Waals surface area contributed by atoms with Crippen molar-refractivity contribution < 1.29 is 13.9 Å². The van der Waals surface area contributed by atoms with E-state index in [0.29, 0.717) is 28.8 Å². The summed E-state index contributed by atoms with van der Waals surface area (Å²) in [6.45, 7) is 4.78. The van der Waals surface area contributed by atoms with Gasteiger partial charge in [-0.3, -0.25) is 4.79 Å². The molecule has 9 heteroatoms. The standard InChI is InChI=1S/C28H31FN6O2/c1-17(2)21-14-18(7-9-22(21)29)32-28-33-24-15-19(8-10-25(24)35(28)3)37-20-11-13-31-26(16-20)34-27(36)23-6-4-5-12-30-23/h7-11,13-17,23,30H,4-6,12H2,1-3H3,(H,32,33)(H,31,34,36)/t23-/m0/s1. The molecule has 1 saturated heterocycles. The molecule has 192 valence electrons. The lowest BCUT2D eigenvalue weighted by atomic mass is 10.0. The highest BCUT2D eigenvalue weighted by atomic mass is 19.1. The number of nitrogens with zero attached hydrogens (tertiary/aromatic N) is 3. The predicted octanol–water partition coefficient (Wildman–Crippen LogP) is 5.85. The Kier molecular flexibility index (Phi) is 7.05. The van der Waals surface area contributed by atoms with E-state index in [1.807, 2.05) is 49.7 Å². The molecule has 1 amide bonds. The van der Waals surface area contributed by atoms with Gasteiger partial charge in [-0.1, -0.05) is 20.3 Å². The number of halogens is 1. The van der Waals surface area contributed by atoms with E-state index in [1.54, 1.807) is 24.4 Å². The van der Waals surface area contributed by atoms with Crippen molar-refractivity contribution in [2.75, 3.05) is 17.2 Å². The molecule has 8 nitrogen and oxygen atoms in total. The van der Waals surface area contributed by atoms with Gasteiger partial charge in [-0.15, -0.1) is 0 Å². The summed E-state index contributed by atoms with van der Waals surface area (Å²) < 4.78 is 22.1. The molecule has 37 heavy (non-hydrogen) atoms. The molecule has 4 aromatic rings. The zero-order chi connectivity index (χ0) is 25.9. The van der Waals surface area contributed by atoms with Crippen LogP contribution in [-0.4, -0.2) is 33.0 Å². The normalized spacial score (nSPS) is 15.6. The first kappa shape index (κ1) is 24.7. The van der Waals surface area contributed by atoms with Crippen molar-refractivity contribution in [3.63, 3.8) is 0 Å². The number of anilines is 3. The van der Waals surface area contributed by atoms with Crippen molar-refractivity contribution >= 4 is 34.4 Å². The van der Waals surface area contributed by atoms with Gasteiger partial charge >= 0.3 is 0 Å². The highest BCUT2D eigenvalue weighted by Crippen LogP contribution is 2.30. The third kappa shape index (κ3) is 5.56. The van der Waals surface area contributed by atoms with Crippen LogP contribution >= 0.6 is 0 Å². The van der Waals surface area contributed by atoms with Gasteiger partial charge in [0.1, 0.15) is 23.1 Å².